The molecule has 3 N–H and O–H groups in total. The molecule has 0 saturated heterocycles. The lowest BCUT2D eigenvalue weighted by atomic mass is 10.1. The maximum absolute atomic E-state index is 3.47. The van der Waals surface area contributed by atoms with E-state index in [2.05, 4.69) is 83.5 Å². The molecule has 0 atom stereocenters. The van der Waals surface area contributed by atoms with Crippen LogP contribution in [0, 0.1) is 6.92 Å². The Morgan fingerprint density at radius 2 is 1.25 bits per heavy atom. The monoisotopic (exact) mass is 317 g/mol. The van der Waals surface area contributed by atoms with Crippen LogP contribution in [-0.2, 0) is 6.54 Å². The van der Waals surface area contributed by atoms with E-state index >= 15 is 0 Å². The van der Waals surface area contributed by atoms with Crippen molar-refractivity contribution in [1.82, 2.24) is 0 Å². The van der Waals surface area contributed by atoms with Gasteiger partial charge in [-0.15, -0.1) is 0 Å². The second-order valence-corrected chi connectivity index (χ2v) is 5.82. The average molecular weight is 317 g/mol. The molecule has 24 heavy (non-hydrogen) atoms. The average Bonchev–Trinajstić information content (AvgIpc) is 2.63. The van der Waals surface area contributed by atoms with Crippen molar-refractivity contribution < 1.29 is 0 Å². The molecule has 0 radical (unpaired) electrons. The van der Waals surface area contributed by atoms with Gasteiger partial charge >= 0.3 is 0 Å². The highest BCUT2D eigenvalue weighted by Gasteiger charge is 1.97. The molecule has 0 aliphatic rings. The lowest BCUT2D eigenvalue weighted by molar-refractivity contribution is 1.14. The van der Waals surface area contributed by atoms with Crippen molar-refractivity contribution >= 4 is 17.1 Å². The van der Waals surface area contributed by atoms with E-state index in [0.29, 0.717) is 6.67 Å². The van der Waals surface area contributed by atoms with Crippen LogP contribution in [0.5, 0.6) is 0 Å². The van der Waals surface area contributed by atoms with Gasteiger partial charge in [0.2, 0.25) is 0 Å². The third-order valence-corrected chi connectivity index (χ3v) is 3.84. The first-order valence-corrected chi connectivity index (χ1v) is 8.22. The fourth-order valence-electron chi connectivity index (χ4n) is 2.45. The molecular weight excluding hydrogens is 294 g/mol. The van der Waals surface area contributed by atoms with E-state index in [4.69, 9.17) is 0 Å². The molecule has 0 unspecified atom stereocenters. The third-order valence-electron chi connectivity index (χ3n) is 3.84. The third kappa shape index (κ3) is 4.78. The van der Waals surface area contributed by atoms with Gasteiger partial charge in [-0.05, 0) is 42.8 Å². The standard InChI is InChI=1S/C21H23N3/c1-17-10-12-18(13-11-17)15-22-20-8-5-9-21(14-20)24-16-23-19-6-3-2-4-7-19/h2-14,22-24H,15-16H2,1H3. The minimum atomic E-state index is 0.686. The summed E-state index contributed by atoms with van der Waals surface area (Å²) in [7, 11) is 0. The summed E-state index contributed by atoms with van der Waals surface area (Å²) in [6.45, 7) is 3.62. The Bertz CT molecular complexity index is 752. The van der Waals surface area contributed by atoms with Gasteiger partial charge in [-0.1, -0.05) is 54.1 Å². The lowest BCUT2D eigenvalue weighted by Gasteiger charge is -2.12. The summed E-state index contributed by atoms with van der Waals surface area (Å²) in [4.78, 5) is 0. The van der Waals surface area contributed by atoms with Gasteiger partial charge < -0.3 is 16.0 Å². The van der Waals surface area contributed by atoms with Crippen LogP contribution in [0.2, 0.25) is 0 Å². The van der Waals surface area contributed by atoms with Crippen molar-refractivity contribution in [3.63, 3.8) is 0 Å². The largest absolute Gasteiger partial charge is 0.381 e. The zero-order valence-corrected chi connectivity index (χ0v) is 13.9. The van der Waals surface area contributed by atoms with Gasteiger partial charge in [-0.3, -0.25) is 0 Å². The van der Waals surface area contributed by atoms with E-state index < -0.39 is 0 Å². The van der Waals surface area contributed by atoms with Crippen LogP contribution in [0.3, 0.4) is 0 Å². The molecule has 0 spiro atoms. The predicted molar refractivity (Wildman–Crippen MR) is 104 cm³/mol. The molecule has 0 fully saturated rings. The summed E-state index contributed by atoms with van der Waals surface area (Å²) in [5, 5.41) is 10.2. The van der Waals surface area contributed by atoms with Crippen molar-refractivity contribution in [2.24, 2.45) is 0 Å². The van der Waals surface area contributed by atoms with Crippen molar-refractivity contribution in [2.45, 2.75) is 13.5 Å². The molecule has 3 nitrogen and oxygen atoms in total. The quantitative estimate of drug-likeness (QED) is 0.531. The van der Waals surface area contributed by atoms with Gasteiger partial charge in [-0.2, -0.15) is 0 Å². The van der Waals surface area contributed by atoms with E-state index in [1.54, 1.807) is 0 Å². The molecule has 0 bridgehead atoms. The maximum Gasteiger partial charge on any atom is 0.0849 e. The van der Waals surface area contributed by atoms with Crippen LogP contribution in [0.15, 0.2) is 78.9 Å². The Morgan fingerprint density at radius 3 is 2.00 bits per heavy atom. The SMILES string of the molecule is Cc1ccc(CNc2cccc(NCNc3ccccc3)c2)cc1. The fraction of sp³-hybridized carbons (Fsp3) is 0.143. The smallest absolute Gasteiger partial charge is 0.0849 e. The number of hydrogen-bond acceptors (Lipinski definition) is 3. The zero-order valence-electron chi connectivity index (χ0n) is 13.9. The summed E-state index contributed by atoms with van der Waals surface area (Å²) >= 11 is 0. The van der Waals surface area contributed by atoms with E-state index in [1.807, 2.05) is 18.2 Å². The van der Waals surface area contributed by atoms with Crippen LogP contribution in [-0.4, -0.2) is 6.67 Å². The van der Waals surface area contributed by atoms with Gasteiger partial charge in [0, 0.05) is 23.6 Å². The van der Waals surface area contributed by atoms with Gasteiger partial charge in [0.25, 0.3) is 0 Å². The topological polar surface area (TPSA) is 36.1 Å². The van der Waals surface area contributed by atoms with Gasteiger partial charge in [0.1, 0.15) is 0 Å². The van der Waals surface area contributed by atoms with Crippen LogP contribution < -0.4 is 16.0 Å². The van der Waals surface area contributed by atoms with Gasteiger partial charge in [0.15, 0.2) is 0 Å². The number of hydrogen-bond donors (Lipinski definition) is 3. The van der Waals surface area contributed by atoms with E-state index in [1.165, 1.54) is 11.1 Å². The van der Waals surface area contributed by atoms with Crippen molar-refractivity contribution in [1.29, 1.82) is 0 Å². The van der Waals surface area contributed by atoms with Crippen LogP contribution in [0.4, 0.5) is 17.1 Å². The molecule has 0 amide bonds. The van der Waals surface area contributed by atoms with Crippen molar-refractivity contribution in [2.75, 3.05) is 22.6 Å². The number of nitrogens with one attached hydrogen (secondary N) is 3. The summed E-state index contributed by atoms with van der Waals surface area (Å²) in [6, 6.07) is 27.1. The lowest BCUT2D eigenvalue weighted by Crippen LogP contribution is -2.11. The molecule has 0 saturated carbocycles. The minimum Gasteiger partial charge on any atom is -0.381 e. The van der Waals surface area contributed by atoms with E-state index in [-0.39, 0.29) is 0 Å². The Balaban J connectivity index is 1.51. The highest BCUT2D eigenvalue weighted by molar-refractivity contribution is 5.57. The number of rotatable bonds is 7. The first kappa shape index (κ1) is 15.9. The summed E-state index contributed by atoms with van der Waals surface area (Å²) in [6.07, 6.45) is 0. The molecule has 122 valence electrons. The van der Waals surface area contributed by atoms with Gasteiger partial charge in [-0.25, -0.2) is 0 Å². The second-order valence-electron chi connectivity index (χ2n) is 5.82. The van der Waals surface area contributed by atoms with Crippen LogP contribution in [0.1, 0.15) is 11.1 Å². The molecule has 0 aliphatic carbocycles. The summed E-state index contributed by atoms with van der Waals surface area (Å²) < 4.78 is 0. The molecule has 3 rings (SSSR count). The number of anilines is 3. The Hall–Kier alpha value is -2.94. The Kier molecular flexibility index (Phi) is 5.36. The fourth-order valence-corrected chi connectivity index (χ4v) is 2.45. The molecule has 3 aromatic carbocycles. The normalized spacial score (nSPS) is 10.2. The first-order valence-electron chi connectivity index (χ1n) is 8.22. The molecule has 0 heterocycles. The van der Waals surface area contributed by atoms with Crippen LogP contribution >= 0.6 is 0 Å². The highest BCUT2D eigenvalue weighted by atomic mass is 15.1. The zero-order chi connectivity index (χ0) is 16.6. The number of benzene rings is 3. The molecule has 3 heteroatoms. The first-order chi connectivity index (χ1) is 11.8. The van der Waals surface area contributed by atoms with E-state index in [0.717, 1.165) is 23.6 Å². The summed E-state index contributed by atoms with van der Waals surface area (Å²) in [5.41, 5.74) is 5.88. The second kappa shape index (κ2) is 8.06. The molecule has 0 aliphatic heterocycles. The molecule has 0 aromatic heterocycles. The number of para-hydroxylation sites is 1. The van der Waals surface area contributed by atoms with Crippen molar-refractivity contribution in [3.05, 3.63) is 90.0 Å². The van der Waals surface area contributed by atoms with Crippen LogP contribution in [0.25, 0.3) is 0 Å². The molecule has 3 aromatic rings. The maximum atomic E-state index is 3.47. The molecular formula is C21H23N3. The Labute approximate surface area is 143 Å². The Morgan fingerprint density at radius 1 is 0.625 bits per heavy atom. The van der Waals surface area contributed by atoms with Gasteiger partial charge in [0.05, 0.1) is 6.67 Å². The predicted octanol–water partition coefficient (Wildman–Crippen LogP) is 5.09. The highest BCUT2D eigenvalue weighted by Crippen LogP contribution is 2.16. The number of aryl methyl sites for hydroxylation is 1. The summed E-state index contributed by atoms with van der Waals surface area (Å²) in [5.74, 6) is 0. The van der Waals surface area contributed by atoms with Crippen molar-refractivity contribution in [3.8, 4) is 0 Å². The minimum absolute atomic E-state index is 0.686. The van der Waals surface area contributed by atoms with E-state index in [9.17, 15) is 0 Å².